The Bertz CT molecular complexity index is 1280. The van der Waals surface area contributed by atoms with Gasteiger partial charge in [0.1, 0.15) is 11.6 Å². The van der Waals surface area contributed by atoms with Crippen LogP contribution in [0, 0.1) is 23.6 Å². The van der Waals surface area contributed by atoms with Gasteiger partial charge >= 0.3 is 0 Å². The van der Waals surface area contributed by atoms with E-state index in [1.54, 1.807) is 12.1 Å². The fourth-order valence-electron chi connectivity index (χ4n) is 6.33. The van der Waals surface area contributed by atoms with E-state index in [0.29, 0.717) is 17.8 Å². The summed E-state index contributed by atoms with van der Waals surface area (Å²) < 4.78 is 13.9. The largest absolute Gasteiger partial charge is 0.342 e. The predicted molar refractivity (Wildman–Crippen MR) is 123 cm³/mol. The lowest BCUT2D eigenvalue weighted by Crippen LogP contribution is -2.19. The molecule has 6 rings (SSSR count). The van der Waals surface area contributed by atoms with Gasteiger partial charge in [0.05, 0.1) is 16.6 Å². The molecule has 3 nitrogen and oxygen atoms in total. The summed E-state index contributed by atoms with van der Waals surface area (Å²) in [5.41, 5.74) is 4.18. The van der Waals surface area contributed by atoms with E-state index in [2.05, 4.69) is 23.0 Å². The second kappa shape index (κ2) is 7.30. The standard InChI is InChI=1S/C26H25ClFN3/c1-14(26-30-24-4-2-18(27)12-25(24)31-26)8-15-9-17-10-16(15)11-21(17)20-6-7-29-23-5-3-19(28)13-22(20)23/h2-7,12-17,21H,8-11H2,1H3,(H,30,31). The first-order valence-electron chi connectivity index (χ1n) is 11.2. The van der Waals surface area contributed by atoms with Gasteiger partial charge in [0.25, 0.3) is 0 Å². The predicted octanol–water partition coefficient (Wildman–Crippen LogP) is 7.23. The third-order valence-corrected chi connectivity index (χ3v) is 7.96. The van der Waals surface area contributed by atoms with Crippen molar-refractivity contribution in [3.8, 4) is 0 Å². The van der Waals surface area contributed by atoms with Crippen LogP contribution in [0.5, 0.6) is 0 Å². The zero-order chi connectivity index (χ0) is 21.1. The number of rotatable bonds is 4. The third kappa shape index (κ3) is 3.32. The number of H-pyrrole nitrogens is 1. The molecule has 2 aromatic carbocycles. The number of fused-ring (bicyclic) bond motifs is 4. The minimum Gasteiger partial charge on any atom is -0.342 e. The topological polar surface area (TPSA) is 41.6 Å². The maximum Gasteiger partial charge on any atom is 0.123 e. The zero-order valence-electron chi connectivity index (χ0n) is 17.5. The summed E-state index contributed by atoms with van der Waals surface area (Å²) in [5, 5.41) is 1.73. The molecule has 158 valence electrons. The van der Waals surface area contributed by atoms with Crippen molar-refractivity contribution < 1.29 is 4.39 Å². The molecule has 2 bridgehead atoms. The molecule has 0 amide bonds. The molecule has 2 aliphatic rings. The Balaban J connectivity index is 1.19. The summed E-state index contributed by atoms with van der Waals surface area (Å²) in [5.74, 6) is 3.97. The Labute approximate surface area is 186 Å². The molecule has 31 heavy (non-hydrogen) atoms. The van der Waals surface area contributed by atoms with E-state index in [9.17, 15) is 4.39 Å². The summed E-state index contributed by atoms with van der Waals surface area (Å²) in [6, 6.07) is 12.9. The van der Waals surface area contributed by atoms with E-state index in [-0.39, 0.29) is 5.82 Å². The highest BCUT2D eigenvalue weighted by Gasteiger charge is 2.46. The molecule has 4 aromatic rings. The van der Waals surface area contributed by atoms with E-state index >= 15 is 0 Å². The number of halogens is 2. The Morgan fingerprint density at radius 2 is 1.94 bits per heavy atom. The van der Waals surface area contributed by atoms with Crippen LogP contribution in [0.25, 0.3) is 21.9 Å². The number of benzene rings is 2. The van der Waals surface area contributed by atoms with Crippen molar-refractivity contribution in [3.63, 3.8) is 0 Å². The molecule has 2 fully saturated rings. The highest BCUT2D eigenvalue weighted by molar-refractivity contribution is 6.31. The number of nitrogens with one attached hydrogen (secondary N) is 1. The molecular weight excluding hydrogens is 409 g/mol. The van der Waals surface area contributed by atoms with Crippen LogP contribution in [-0.2, 0) is 0 Å². The van der Waals surface area contributed by atoms with Crippen LogP contribution < -0.4 is 0 Å². The third-order valence-electron chi connectivity index (χ3n) is 7.73. The molecule has 1 N–H and O–H groups in total. The molecule has 0 saturated heterocycles. The highest BCUT2D eigenvalue weighted by Crippen LogP contribution is 2.58. The first-order chi connectivity index (χ1) is 15.0. The quantitative estimate of drug-likeness (QED) is 0.369. The van der Waals surface area contributed by atoms with Gasteiger partial charge in [-0.05, 0) is 97.4 Å². The first kappa shape index (κ1) is 19.2. The van der Waals surface area contributed by atoms with Gasteiger partial charge in [-0.1, -0.05) is 18.5 Å². The van der Waals surface area contributed by atoms with Crippen LogP contribution in [0.15, 0.2) is 48.7 Å². The fourth-order valence-corrected chi connectivity index (χ4v) is 6.50. The maximum absolute atomic E-state index is 13.9. The van der Waals surface area contributed by atoms with Gasteiger partial charge in [-0.25, -0.2) is 9.37 Å². The minimum atomic E-state index is -0.177. The Kier molecular flexibility index (Phi) is 4.53. The molecular formula is C26H25ClFN3. The smallest absolute Gasteiger partial charge is 0.123 e. The molecule has 2 saturated carbocycles. The lowest BCUT2D eigenvalue weighted by molar-refractivity contribution is 0.276. The Morgan fingerprint density at radius 1 is 1.06 bits per heavy atom. The normalized spacial score (nSPS) is 26.2. The molecule has 2 aliphatic carbocycles. The van der Waals surface area contributed by atoms with E-state index in [0.717, 1.165) is 51.0 Å². The van der Waals surface area contributed by atoms with Gasteiger partial charge in [-0.2, -0.15) is 0 Å². The van der Waals surface area contributed by atoms with Gasteiger partial charge in [-0.3, -0.25) is 4.98 Å². The molecule has 2 heterocycles. The van der Waals surface area contributed by atoms with E-state index in [1.807, 2.05) is 24.4 Å². The SMILES string of the molecule is CC(CC1CC2CC1CC2c1ccnc2ccc(F)cc12)c1nc2ccc(Cl)cc2[nH]1. The molecule has 5 heteroatoms. The second-order valence-corrected chi connectivity index (χ2v) is 10.0. The van der Waals surface area contributed by atoms with Gasteiger partial charge < -0.3 is 4.98 Å². The number of hydrogen-bond acceptors (Lipinski definition) is 2. The van der Waals surface area contributed by atoms with Gasteiger partial charge in [0.2, 0.25) is 0 Å². The van der Waals surface area contributed by atoms with Gasteiger partial charge in [-0.15, -0.1) is 0 Å². The van der Waals surface area contributed by atoms with Crippen molar-refractivity contribution in [1.29, 1.82) is 0 Å². The van der Waals surface area contributed by atoms with E-state index < -0.39 is 0 Å². The van der Waals surface area contributed by atoms with Crippen LogP contribution in [-0.4, -0.2) is 15.0 Å². The van der Waals surface area contributed by atoms with Crippen molar-refractivity contribution in [2.24, 2.45) is 17.8 Å². The summed E-state index contributed by atoms with van der Waals surface area (Å²) in [4.78, 5) is 12.7. The average Bonchev–Trinajstić information content (AvgIpc) is 3.46. The number of hydrogen-bond donors (Lipinski definition) is 1. The Morgan fingerprint density at radius 3 is 2.77 bits per heavy atom. The maximum atomic E-state index is 13.9. The minimum absolute atomic E-state index is 0.177. The van der Waals surface area contributed by atoms with Crippen LogP contribution >= 0.6 is 11.6 Å². The number of aromatic amines is 1. The summed E-state index contributed by atoms with van der Waals surface area (Å²) in [6.45, 7) is 2.28. The summed E-state index contributed by atoms with van der Waals surface area (Å²) in [6.07, 6.45) is 6.79. The molecule has 0 aliphatic heterocycles. The first-order valence-corrected chi connectivity index (χ1v) is 11.6. The van der Waals surface area contributed by atoms with Gasteiger partial charge in [0, 0.05) is 22.5 Å². The average molecular weight is 434 g/mol. The van der Waals surface area contributed by atoms with E-state index in [4.69, 9.17) is 16.6 Å². The number of imidazole rings is 1. The number of nitrogens with zero attached hydrogens (tertiary/aromatic N) is 2. The molecule has 0 spiro atoms. The van der Waals surface area contributed by atoms with Crippen LogP contribution in [0.1, 0.15) is 55.8 Å². The van der Waals surface area contributed by atoms with Crippen molar-refractivity contribution in [2.45, 2.75) is 44.4 Å². The van der Waals surface area contributed by atoms with Crippen molar-refractivity contribution in [1.82, 2.24) is 15.0 Å². The van der Waals surface area contributed by atoms with Crippen molar-refractivity contribution in [3.05, 3.63) is 70.9 Å². The van der Waals surface area contributed by atoms with Crippen LogP contribution in [0.4, 0.5) is 4.39 Å². The van der Waals surface area contributed by atoms with Crippen LogP contribution in [0.2, 0.25) is 5.02 Å². The highest BCUT2D eigenvalue weighted by atomic mass is 35.5. The fraction of sp³-hybridized carbons (Fsp3) is 0.385. The summed E-state index contributed by atoms with van der Waals surface area (Å²) in [7, 11) is 0. The summed E-state index contributed by atoms with van der Waals surface area (Å²) >= 11 is 6.12. The zero-order valence-corrected chi connectivity index (χ0v) is 18.2. The monoisotopic (exact) mass is 433 g/mol. The lowest BCUT2D eigenvalue weighted by atomic mass is 9.75. The molecule has 0 radical (unpaired) electrons. The lowest BCUT2D eigenvalue weighted by Gasteiger charge is -2.30. The molecule has 5 atom stereocenters. The number of pyridine rings is 1. The van der Waals surface area contributed by atoms with Crippen LogP contribution in [0.3, 0.4) is 0 Å². The van der Waals surface area contributed by atoms with Crippen molar-refractivity contribution >= 4 is 33.5 Å². The molecule has 5 unspecified atom stereocenters. The van der Waals surface area contributed by atoms with E-state index in [1.165, 1.54) is 30.9 Å². The van der Waals surface area contributed by atoms with Crippen molar-refractivity contribution in [2.75, 3.05) is 0 Å². The number of aromatic nitrogens is 3. The molecule has 2 aromatic heterocycles. The Hall–Kier alpha value is -2.46. The second-order valence-electron chi connectivity index (χ2n) is 9.58. The van der Waals surface area contributed by atoms with Gasteiger partial charge in [0.15, 0.2) is 0 Å².